The van der Waals surface area contributed by atoms with E-state index in [1.807, 2.05) is 60.7 Å². The van der Waals surface area contributed by atoms with Crippen LogP contribution in [-0.2, 0) is 14.9 Å². The van der Waals surface area contributed by atoms with Crippen molar-refractivity contribution in [2.24, 2.45) is 0 Å². The van der Waals surface area contributed by atoms with Gasteiger partial charge >= 0.3 is 0 Å². The van der Waals surface area contributed by atoms with E-state index in [9.17, 15) is 4.79 Å². The molecule has 3 aromatic carbocycles. The molecular formula is C22H20BrNO2. The fourth-order valence-electron chi connectivity index (χ4n) is 3.70. The molecular weight excluding hydrogens is 390 g/mol. The first kappa shape index (κ1) is 17.3. The van der Waals surface area contributed by atoms with Crippen molar-refractivity contribution in [3.05, 3.63) is 76.8 Å². The van der Waals surface area contributed by atoms with Crippen molar-refractivity contribution >= 4 is 38.3 Å². The smallest absolute Gasteiger partial charge is 0.235 e. The third-order valence-electron chi connectivity index (χ3n) is 5.19. The molecule has 1 fully saturated rings. The summed E-state index contributed by atoms with van der Waals surface area (Å²) in [6.07, 6.45) is 1.39. The highest BCUT2D eigenvalue weighted by Gasteiger charge is 2.41. The van der Waals surface area contributed by atoms with E-state index >= 15 is 0 Å². The monoisotopic (exact) mass is 409 g/mol. The Hall–Kier alpha value is -2.17. The molecule has 0 aliphatic carbocycles. The SMILES string of the molecule is O=C(Nc1ccc2c(Br)cccc2c1)C1(c2ccccc2)CCOCC1. The van der Waals surface area contributed by atoms with Crippen molar-refractivity contribution in [2.75, 3.05) is 18.5 Å². The Labute approximate surface area is 161 Å². The van der Waals surface area contributed by atoms with Crippen molar-refractivity contribution in [3.63, 3.8) is 0 Å². The quantitative estimate of drug-likeness (QED) is 0.637. The molecule has 0 atom stereocenters. The largest absolute Gasteiger partial charge is 0.381 e. The van der Waals surface area contributed by atoms with E-state index < -0.39 is 5.41 Å². The van der Waals surface area contributed by atoms with Crippen LogP contribution in [-0.4, -0.2) is 19.1 Å². The maximum atomic E-state index is 13.3. The molecule has 0 radical (unpaired) electrons. The number of hydrogen-bond donors (Lipinski definition) is 1. The Bertz CT molecular complexity index is 933. The van der Waals surface area contributed by atoms with Gasteiger partial charge in [-0.05, 0) is 47.4 Å². The number of hydrogen-bond acceptors (Lipinski definition) is 2. The normalized spacial score (nSPS) is 16.3. The van der Waals surface area contributed by atoms with Gasteiger partial charge in [0.15, 0.2) is 0 Å². The maximum absolute atomic E-state index is 13.3. The van der Waals surface area contributed by atoms with Crippen molar-refractivity contribution in [2.45, 2.75) is 18.3 Å². The predicted molar refractivity (Wildman–Crippen MR) is 108 cm³/mol. The topological polar surface area (TPSA) is 38.3 Å². The zero-order valence-electron chi connectivity index (χ0n) is 14.4. The Morgan fingerprint density at radius 2 is 1.73 bits per heavy atom. The van der Waals surface area contributed by atoms with Gasteiger partial charge < -0.3 is 10.1 Å². The van der Waals surface area contributed by atoms with Crippen LogP contribution >= 0.6 is 15.9 Å². The second kappa shape index (κ2) is 7.22. The van der Waals surface area contributed by atoms with Gasteiger partial charge in [0.05, 0.1) is 5.41 Å². The van der Waals surface area contributed by atoms with E-state index in [4.69, 9.17) is 4.74 Å². The summed E-state index contributed by atoms with van der Waals surface area (Å²) in [5.74, 6) is 0.0429. The van der Waals surface area contributed by atoms with Gasteiger partial charge in [0.25, 0.3) is 0 Å². The Morgan fingerprint density at radius 3 is 2.50 bits per heavy atom. The second-order valence-electron chi connectivity index (χ2n) is 6.69. The van der Waals surface area contributed by atoms with Gasteiger partial charge in [0.1, 0.15) is 0 Å². The van der Waals surface area contributed by atoms with E-state index in [-0.39, 0.29) is 5.91 Å². The molecule has 1 amide bonds. The molecule has 3 aromatic rings. The van der Waals surface area contributed by atoms with Crippen LogP contribution in [0, 0.1) is 0 Å². The van der Waals surface area contributed by atoms with Gasteiger partial charge in [-0.2, -0.15) is 0 Å². The summed E-state index contributed by atoms with van der Waals surface area (Å²) >= 11 is 3.57. The van der Waals surface area contributed by atoms with Crippen LogP contribution in [0.25, 0.3) is 10.8 Å². The Balaban J connectivity index is 1.67. The molecule has 1 saturated heterocycles. The minimum Gasteiger partial charge on any atom is -0.381 e. The number of anilines is 1. The average Bonchev–Trinajstić information content (AvgIpc) is 2.69. The summed E-state index contributed by atoms with van der Waals surface area (Å²) in [5, 5.41) is 5.38. The number of ether oxygens (including phenoxy) is 1. The van der Waals surface area contributed by atoms with Gasteiger partial charge in [0, 0.05) is 23.4 Å². The third kappa shape index (κ3) is 3.15. The summed E-state index contributed by atoms with van der Waals surface area (Å²) in [5.41, 5.74) is 1.35. The number of amides is 1. The highest BCUT2D eigenvalue weighted by Crippen LogP contribution is 2.36. The molecule has 1 heterocycles. The first-order valence-electron chi connectivity index (χ1n) is 8.82. The van der Waals surface area contributed by atoms with Crippen LogP contribution in [0.1, 0.15) is 18.4 Å². The maximum Gasteiger partial charge on any atom is 0.235 e. The third-order valence-corrected chi connectivity index (χ3v) is 5.88. The highest BCUT2D eigenvalue weighted by atomic mass is 79.9. The molecule has 0 unspecified atom stereocenters. The van der Waals surface area contributed by atoms with E-state index in [1.54, 1.807) is 0 Å². The number of carbonyl (C=O) groups is 1. The van der Waals surface area contributed by atoms with Crippen molar-refractivity contribution in [1.82, 2.24) is 0 Å². The molecule has 0 saturated carbocycles. The molecule has 132 valence electrons. The van der Waals surface area contributed by atoms with E-state index in [0.717, 1.165) is 26.5 Å². The lowest BCUT2D eigenvalue weighted by Crippen LogP contribution is -2.44. The molecule has 0 bridgehead atoms. The van der Waals surface area contributed by atoms with Crippen molar-refractivity contribution in [1.29, 1.82) is 0 Å². The fourth-order valence-corrected chi connectivity index (χ4v) is 4.21. The number of rotatable bonds is 3. The van der Waals surface area contributed by atoms with E-state index in [0.29, 0.717) is 26.1 Å². The molecule has 3 nitrogen and oxygen atoms in total. The molecule has 1 aliphatic heterocycles. The minimum atomic E-state index is -0.536. The first-order valence-corrected chi connectivity index (χ1v) is 9.61. The van der Waals surface area contributed by atoms with Crippen LogP contribution in [0.5, 0.6) is 0 Å². The lowest BCUT2D eigenvalue weighted by molar-refractivity contribution is -0.125. The fraction of sp³-hybridized carbons (Fsp3) is 0.227. The van der Waals surface area contributed by atoms with Crippen LogP contribution < -0.4 is 5.32 Å². The van der Waals surface area contributed by atoms with Gasteiger partial charge in [-0.1, -0.05) is 64.5 Å². The van der Waals surface area contributed by atoms with E-state index in [2.05, 4.69) is 27.3 Å². The molecule has 1 aliphatic rings. The number of halogens is 1. The van der Waals surface area contributed by atoms with Crippen LogP contribution in [0.15, 0.2) is 71.2 Å². The van der Waals surface area contributed by atoms with Gasteiger partial charge in [-0.3, -0.25) is 4.79 Å². The molecule has 4 rings (SSSR count). The summed E-state index contributed by atoms with van der Waals surface area (Å²) < 4.78 is 6.59. The van der Waals surface area contributed by atoms with Crippen LogP contribution in [0.4, 0.5) is 5.69 Å². The molecule has 0 spiro atoms. The summed E-state index contributed by atoms with van der Waals surface area (Å²) in [7, 11) is 0. The number of benzene rings is 3. The van der Waals surface area contributed by atoms with Crippen LogP contribution in [0.2, 0.25) is 0 Å². The van der Waals surface area contributed by atoms with Gasteiger partial charge in [0.2, 0.25) is 5.91 Å². The zero-order chi connectivity index (χ0) is 18.0. The number of nitrogens with one attached hydrogen (secondary N) is 1. The Morgan fingerprint density at radius 1 is 0.962 bits per heavy atom. The summed E-state index contributed by atoms with van der Waals surface area (Å²) in [6, 6.07) is 22.2. The summed E-state index contributed by atoms with van der Waals surface area (Å²) in [4.78, 5) is 13.3. The first-order chi connectivity index (χ1) is 12.7. The molecule has 4 heteroatoms. The van der Waals surface area contributed by atoms with Crippen LogP contribution in [0.3, 0.4) is 0 Å². The lowest BCUT2D eigenvalue weighted by Gasteiger charge is -2.36. The van der Waals surface area contributed by atoms with Crippen molar-refractivity contribution in [3.8, 4) is 0 Å². The molecule has 26 heavy (non-hydrogen) atoms. The molecule has 0 aromatic heterocycles. The Kier molecular flexibility index (Phi) is 4.79. The van der Waals surface area contributed by atoms with Gasteiger partial charge in [-0.15, -0.1) is 0 Å². The molecule has 1 N–H and O–H groups in total. The van der Waals surface area contributed by atoms with E-state index in [1.165, 1.54) is 0 Å². The zero-order valence-corrected chi connectivity index (χ0v) is 16.0. The number of carbonyl (C=O) groups excluding carboxylic acids is 1. The number of fused-ring (bicyclic) bond motifs is 1. The highest BCUT2D eigenvalue weighted by molar-refractivity contribution is 9.10. The second-order valence-corrected chi connectivity index (χ2v) is 7.54. The summed E-state index contributed by atoms with van der Waals surface area (Å²) in [6.45, 7) is 1.21. The predicted octanol–water partition coefficient (Wildman–Crippen LogP) is 5.29. The van der Waals surface area contributed by atoms with Gasteiger partial charge in [-0.25, -0.2) is 0 Å². The van der Waals surface area contributed by atoms with Crippen molar-refractivity contribution < 1.29 is 9.53 Å². The lowest BCUT2D eigenvalue weighted by atomic mass is 9.73. The average molecular weight is 410 g/mol. The standard InChI is InChI=1S/C22H20BrNO2/c23-20-8-4-5-16-15-18(9-10-19(16)20)24-21(25)22(11-13-26-14-12-22)17-6-2-1-3-7-17/h1-10,15H,11-14H2,(H,24,25). The minimum absolute atomic E-state index is 0.0429.